The average molecular weight is 262 g/mol. The predicted octanol–water partition coefficient (Wildman–Crippen LogP) is 2.71. The Hall–Kier alpha value is -1.97. The summed E-state index contributed by atoms with van der Waals surface area (Å²) in [7, 11) is 1.79. The Balaban J connectivity index is 2.71. The molecule has 1 aromatic rings. The van der Waals surface area contributed by atoms with E-state index in [4.69, 9.17) is 10.5 Å². The van der Waals surface area contributed by atoms with Crippen LogP contribution in [0.25, 0.3) is 0 Å². The van der Waals surface area contributed by atoms with Crippen molar-refractivity contribution < 1.29 is 9.53 Å². The van der Waals surface area contributed by atoms with Gasteiger partial charge in [0.1, 0.15) is 5.75 Å². The van der Waals surface area contributed by atoms with Gasteiger partial charge in [0.15, 0.2) is 0 Å². The summed E-state index contributed by atoms with van der Waals surface area (Å²) in [6.07, 6.45) is 3.68. The largest absolute Gasteiger partial charge is 0.492 e. The van der Waals surface area contributed by atoms with E-state index < -0.39 is 0 Å². The molecular weight excluding hydrogens is 240 g/mol. The Morgan fingerprint density at radius 1 is 1.53 bits per heavy atom. The molecule has 0 aromatic heterocycles. The van der Waals surface area contributed by atoms with Crippen molar-refractivity contribution in [2.24, 2.45) is 0 Å². The maximum absolute atomic E-state index is 12.2. The van der Waals surface area contributed by atoms with Crippen LogP contribution in [0.2, 0.25) is 0 Å². The van der Waals surface area contributed by atoms with Crippen molar-refractivity contribution >= 4 is 11.6 Å². The fourth-order valence-electron chi connectivity index (χ4n) is 1.76. The van der Waals surface area contributed by atoms with Crippen molar-refractivity contribution in [2.75, 3.05) is 25.9 Å². The molecule has 4 nitrogen and oxygen atoms in total. The molecule has 19 heavy (non-hydrogen) atoms. The van der Waals surface area contributed by atoms with E-state index in [1.165, 1.54) is 0 Å². The monoisotopic (exact) mass is 262 g/mol. The number of amides is 1. The van der Waals surface area contributed by atoms with E-state index in [9.17, 15) is 4.79 Å². The molecule has 1 amide bonds. The van der Waals surface area contributed by atoms with Crippen LogP contribution in [0.15, 0.2) is 30.9 Å². The lowest BCUT2D eigenvalue weighted by molar-refractivity contribution is 0.0794. The van der Waals surface area contributed by atoms with Gasteiger partial charge in [0.2, 0.25) is 0 Å². The number of rotatable bonds is 7. The number of unbranched alkanes of at least 4 members (excludes halogenated alkanes) is 1. The van der Waals surface area contributed by atoms with Crippen molar-refractivity contribution in [3.8, 4) is 5.75 Å². The van der Waals surface area contributed by atoms with Gasteiger partial charge in [-0.05, 0) is 38.0 Å². The topological polar surface area (TPSA) is 55.6 Å². The number of hydrogen-bond acceptors (Lipinski definition) is 3. The van der Waals surface area contributed by atoms with Gasteiger partial charge in [-0.1, -0.05) is 6.08 Å². The zero-order chi connectivity index (χ0) is 14.3. The minimum atomic E-state index is -0.0289. The summed E-state index contributed by atoms with van der Waals surface area (Å²) in [5, 5.41) is 0. The van der Waals surface area contributed by atoms with Crippen molar-refractivity contribution in [3.05, 3.63) is 36.4 Å². The molecule has 0 bridgehead atoms. The molecule has 2 N–H and O–H groups in total. The number of nitrogens with two attached hydrogens (primary N) is 1. The molecule has 0 saturated carbocycles. The predicted molar refractivity (Wildman–Crippen MR) is 78.4 cm³/mol. The number of allylic oxidation sites excluding steroid dienone is 1. The second kappa shape index (κ2) is 7.46. The molecule has 0 saturated heterocycles. The van der Waals surface area contributed by atoms with Crippen molar-refractivity contribution in [3.63, 3.8) is 0 Å². The standard InChI is InChI=1S/C15H22N2O2/c1-4-6-7-10-17(3)15(18)12-8-9-14(19-5-2)13(16)11-12/h4,8-9,11H,1,5-7,10,16H2,2-3H3. The van der Waals surface area contributed by atoms with E-state index in [0.717, 1.165) is 12.8 Å². The molecule has 0 aliphatic rings. The fraction of sp³-hybridized carbons (Fsp3) is 0.400. The van der Waals surface area contributed by atoms with E-state index in [1.807, 2.05) is 13.0 Å². The molecule has 1 aromatic carbocycles. The lowest BCUT2D eigenvalue weighted by atomic mass is 10.1. The van der Waals surface area contributed by atoms with Gasteiger partial charge in [0.25, 0.3) is 5.91 Å². The Labute approximate surface area is 114 Å². The zero-order valence-corrected chi connectivity index (χ0v) is 11.7. The minimum Gasteiger partial charge on any atom is -0.492 e. The van der Waals surface area contributed by atoms with Crippen LogP contribution in [-0.4, -0.2) is 31.0 Å². The zero-order valence-electron chi connectivity index (χ0n) is 11.7. The highest BCUT2D eigenvalue weighted by Crippen LogP contribution is 2.23. The highest BCUT2D eigenvalue weighted by molar-refractivity contribution is 5.95. The number of carbonyl (C=O) groups is 1. The highest BCUT2D eigenvalue weighted by atomic mass is 16.5. The molecule has 1 rings (SSSR count). The summed E-state index contributed by atoms with van der Waals surface area (Å²) in [6, 6.07) is 5.15. The molecule has 104 valence electrons. The average Bonchev–Trinajstić information content (AvgIpc) is 2.40. The second-order valence-corrected chi connectivity index (χ2v) is 4.34. The van der Waals surface area contributed by atoms with Gasteiger partial charge in [-0.15, -0.1) is 6.58 Å². The summed E-state index contributed by atoms with van der Waals surface area (Å²) < 4.78 is 5.35. The molecule has 0 aliphatic carbocycles. The Morgan fingerprint density at radius 2 is 2.26 bits per heavy atom. The smallest absolute Gasteiger partial charge is 0.253 e. The molecule has 0 heterocycles. The molecule has 0 unspecified atom stereocenters. The summed E-state index contributed by atoms with van der Waals surface area (Å²) in [6.45, 7) is 6.82. The SMILES string of the molecule is C=CCCCN(C)C(=O)c1ccc(OCC)c(N)c1. The lowest BCUT2D eigenvalue weighted by Crippen LogP contribution is -2.27. The maximum Gasteiger partial charge on any atom is 0.253 e. The number of carbonyl (C=O) groups excluding carboxylic acids is 1. The Morgan fingerprint density at radius 3 is 2.84 bits per heavy atom. The summed E-state index contributed by atoms with van der Waals surface area (Å²) in [5.41, 5.74) is 6.94. The normalized spacial score (nSPS) is 10.0. The van der Waals surface area contributed by atoms with Gasteiger partial charge >= 0.3 is 0 Å². The van der Waals surface area contributed by atoms with Crippen molar-refractivity contribution in [1.82, 2.24) is 4.90 Å². The lowest BCUT2D eigenvalue weighted by Gasteiger charge is -2.17. The summed E-state index contributed by atoms with van der Waals surface area (Å²) in [4.78, 5) is 13.9. The summed E-state index contributed by atoms with van der Waals surface area (Å²) >= 11 is 0. The third-order valence-corrected chi connectivity index (χ3v) is 2.81. The first-order chi connectivity index (χ1) is 9.10. The number of benzene rings is 1. The minimum absolute atomic E-state index is 0.0289. The molecule has 0 spiro atoms. The van der Waals surface area contributed by atoms with Crippen LogP contribution in [0.5, 0.6) is 5.75 Å². The third kappa shape index (κ3) is 4.32. The van der Waals surface area contributed by atoms with E-state index in [0.29, 0.717) is 30.2 Å². The van der Waals surface area contributed by atoms with Gasteiger partial charge in [-0.25, -0.2) is 0 Å². The van der Waals surface area contributed by atoms with Crippen LogP contribution >= 0.6 is 0 Å². The van der Waals surface area contributed by atoms with E-state index in [2.05, 4.69) is 6.58 Å². The first-order valence-electron chi connectivity index (χ1n) is 6.48. The van der Waals surface area contributed by atoms with Crippen LogP contribution < -0.4 is 10.5 Å². The van der Waals surface area contributed by atoms with Crippen LogP contribution in [-0.2, 0) is 0 Å². The van der Waals surface area contributed by atoms with Gasteiger partial charge in [0, 0.05) is 19.2 Å². The number of hydrogen-bond donors (Lipinski definition) is 1. The van der Waals surface area contributed by atoms with Gasteiger partial charge < -0.3 is 15.4 Å². The Bertz CT molecular complexity index is 444. The van der Waals surface area contributed by atoms with Crippen molar-refractivity contribution in [2.45, 2.75) is 19.8 Å². The highest BCUT2D eigenvalue weighted by Gasteiger charge is 2.12. The first-order valence-corrected chi connectivity index (χ1v) is 6.48. The van der Waals surface area contributed by atoms with E-state index in [1.54, 1.807) is 30.1 Å². The quantitative estimate of drug-likeness (QED) is 0.467. The second-order valence-electron chi connectivity index (χ2n) is 4.34. The molecular formula is C15H22N2O2. The summed E-state index contributed by atoms with van der Waals surface area (Å²) in [5.74, 6) is 0.590. The first kappa shape index (κ1) is 15.1. The molecule has 4 heteroatoms. The number of anilines is 1. The Kier molecular flexibility index (Phi) is 5.93. The van der Waals surface area contributed by atoms with Crippen molar-refractivity contribution in [1.29, 1.82) is 0 Å². The van der Waals surface area contributed by atoms with Gasteiger partial charge in [-0.3, -0.25) is 4.79 Å². The van der Waals surface area contributed by atoms with Gasteiger partial charge in [-0.2, -0.15) is 0 Å². The fourth-order valence-corrected chi connectivity index (χ4v) is 1.76. The third-order valence-electron chi connectivity index (χ3n) is 2.81. The van der Waals surface area contributed by atoms with Crippen LogP contribution in [0.3, 0.4) is 0 Å². The van der Waals surface area contributed by atoms with E-state index in [-0.39, 0.29) is 5.91 Å². The van der Waals surface area contributed by atoms with E-state index >= 15 is 0 Å². The molecule has 0 atom stereocenters. The number of nitrogens with zero attached hydrogens (tertiary/aromatic N) is 1. The number of nitrogen functional groups attached to an aromatic ring is 1. The van der Waals surface area contributed by atoms with Gasteiger partial charge in [0.05, 0.1) is 12.3 Å². The molecule has 0 fully saturated rings. The number of ether oxygens (including phenoxy) is 1. The van der Waals surface area contributed by atoms with Crippen LogP contribution in [0, 0.1) is 0 Å². The van der Waals surface area contributed by atoms with Crippen LogP contribution in [0.1, 0.15) is 30.1 Å². The molecule has 0 aliphatic heterocycles. The maximum atomic E-state index is 12.2. The van der Waals surface area contributed by atoms with Crippen LogP contribution in [0.4, 0.5) is 5.69 Å². The molecule has 0 radical (unpaired) electrons.